The number of hydrogen-bond acceptors (Lipinski definition) is 5. The van der Waals surface area contributed by atoms with Crippen LogP contribution in [0.4, 0.5) is 5.69 Å². The molecule has 0 aliphatic heterocycles. The lowest BCUT2D eigenvalue weighted by Gasteiger charge is -2.09. The van der Waals surface area contributed by atoms with Crippen molar-refractivity contribution in [2.45, 2.75) is 13.8 Å². The Morgan fingerprint density at radius 3 is 2.83 bits per heavy atom. The maximum absolute atomic E-state index is 10.9. The largest absolute Gasteiger partial charge is 0.493 e. The summed E-state index contributed by atoms with van der Waals surface area (Å²) in [6, 6.07) is 3.05. The minimum Gasteiger partial charge on any atom is -0.493 e. The van der Waals surface area contributed by atoms with Crippen LogP contribution in [0.3, 0.4) is 0 Å². The van der Waals surface area contributed by atoms with Crippen molar-refractivity contribution in [3.05, 3.63) is 40.3 Å². The summed E-state index contributed by atoms with van der Waals surface area (Å²) in [5.41, 5.74) is 1.05. The number of nitro groups is 1. The van der Waals surface area contributed by atoms with Gasteiger partial charge in [0.1, 0.15) is 12.0 Å². The molecule has 0 radical (unpaired) electrons. The number of benzene rings is 1. The fraction of sp³-hybridized carbons (Fsp3) is 0.250. The molecule has 1 heterocycles. The van der Waals surface area contributed by atoms with E-state index in [2.05, 4.69) is 4.98 Å². The van der Waals surface area contributed by atoms with Gasteiger partial charge in [0.05, 0.1) is 23.3 Å². The molecular formula is C12H12N2O4. The molecule has 1 aromatic heterocycles. The molecule has 0 atom stereocenters. The Labute approximate surface area is 103 Å². The number of aromatic nitrogens is 1. The summed E-state index contributed by atoms with van der Waals surface area (Å²) in [5.74, 6) is 0.838. The van der Waals surface area contributed by atoms with Crippen LogP contribution in [0.2, 0.25) is 0 Å². The summed E-state index contributed by atoms with van der Waals surface area (Å²) in [4.78, 5) is 14.5. The van der Waals surface area contributed by atoms with Gasteiger partial charge >= 0.3 is 0 Å². The van der Waals surface area contributed by atoms with Crippen molar-refractivity contribution < 1.29 is 14.1 Å². The van der Waals surface area contributed by atoms with E-state index in [-0.39, 0.29) is 5.69 Å². The van der Waals surface area contributed by atoms with Crippen LogP contribution in [0.5, 0.6) is 5.75 Å². The zero-order valence-corrected chi connectivity index (χ0v) is 10.0. The quantitative estimate of drug-likeness (QED) is 0.614. The average molecular weight is 248 g/mol. The molecule has 6 heteroatoms. The van der Waals surface area contributed by atoms with Crippen molar-refractivity contribution in [3.63, 3.8) is 0 Å². The van der Waals surface area contributed by atoms with Gasteiger partial charge in [0, 0.05) is 11.6 Å². The van der Waals surface area contributed by atoms with Gasteiger partial charge in [-0.05, 0) is 19.9 Å². The van der Waals surface area contributed by atoms with Crippen LogP contribution >= 0.6 is 0 Å². The zero-order chi connectivity index (χ0) is 13.1. The zero-order valence-electron chi connectivity index (χ0n) is 10.0. The Kier molecular flexibility index (Phi) is 3.27. The minimum atomic E-state index is -0.433. The molecule has 2 rings (SSSR count). The molecular weight excluding hydrogens is 236 g/mol. The highest BCUT2D eigenvalue weighted by atomic mass is 16.6. The van der Waals surface area contributed by atoms with Crippen LogP contribution in [-0.2, 0) is 0 Å². The molecule has 0 spiro atoms. The van der Waals surface area contributed by atoms with E-state index in [1.54, 1.807) is 13.0 Å². The van der Waals surface area contributed by atoms with Crippen LogP contribution < -0.4 is 4.74 Å². The standard InChI is InChI=1S/C12H12N2O4/c1-3-17-11-6-8(2)10(14(15)16)7-9(11)12-13-4-5-18-12/h4-7H,3H2,1-2H3. The van der Waals surface area contributed by atoms with E-state index in [9.17, 15) is 10.1 Å². The molecule has 0 aliphatic rings. The van der Waals surface area contributed by atoms with Gasteiger partial charge in [0.25, 0.3) is 5.69 Å². The molecule has 0 saturated heterocycles. The van der Waals surface area contributed by atoms with E-state index in [4.69, 9.17) is 9.15 Å². The highest BCUT2D eigenvalue weighted by Gasteiger charge is 2.19. The molecule has 0 aliphatic carbocycles. The summed E-state index contributed by atoms with van der Waals surface area (Å²) in [6.45, 7) is 3.97. The second-order valence-electron chi connectivity index (χ2n) is 3.66. The third kappa shape index (κ3) is 2.17. The Balaban J connectivity index is 2.60. The molecule has 0 fully saturated rings. The summed E-state index contributed by atoms with van der Waals surface area (Å²) in [5, 5.41) is 10.9. The first-order chi connectivity index (χ1) is 8.63. The predicted molar refractivity (Wildman–Crippen MR) is 64.5 cm³/mol. The molecule has 0 N–H and O–H groups in total. The molecule has 1 aromatic carbocycles. The van der Waals surface area contributed by atoms with Crippen molar-refractivity contribution in [2.24, 2.45) is 0 Å². The van der Waals surface area contributed by atoms with Gasteiger partial charge in [0.2, 0.25) is 5.89 Å². The monoisotopic (exact) mass is 248 g/mol. The minimum absolute atomic E-state index is 0.0200. The van der Waals surface area contributed by atoms with Gasteiger partial charge in [-0.1, -0.05) is 0 Å². The van der Waals surface area contributed by atoms with Crippen molar-refractivity contribution in [3.8, 4) is 17.2 Å². The van der Waals surface area contributed by atoms with Gasteiger partial charge in [-0.15, -0.1) is 0 Å². The summed E-state index contributed by atoms with van der Waals surface area (Å²) >= 11 is 0. The normalized spacial score (nSPS) is 10.3. The summed E-state index contributed by atoms with van der Waals surface area (Å²) in [7, 11) is 0. The lowest BCUT2D eigenvalue weighted by Crippen LogP contribution is -1.98. The number of nitrogens with zero attached hydrogens (tertiary/aromatic N) is 2. The van der Waals surface area contributed by atoms with E-state index in [0.29, 0.717) is 29.4 Å². The molecule has 0 unspecified atom stereocenters. The number of hydrogen-bond donors (Lipinski definition) is 0. The Bertz CT molecular complexity index is 564. The maximum atomic E-state index is 10.9. The molecule has 94 valence electrons. The van der Waals surface area contributed by atoms with Gasteiger partial charge in [-0.2, -0.15) is 0 Å². The first kappa shape index (κ1) is 12.1. The Morgan fingerprint density at radius 2 is 2.28 bits per heavy atom. The van der Waals surface area contributed by atoms with Gasteiger partial charge in [-0.3, -0.25) is 10.1 Å². The second-order valence-corrected chi connectivity index (χ2v) is 3.66. The van der Waals surface area contributed by atoms with Crippen LogP contribution in [0, 0.1) is 17.0 Å². The smallest absolute Gasteiger partial charge is 0.273 e. The van der Waals surface area contributed by atoms with E-state index >= 15 is 0 Å². The molecule has 0 saturated carbocycles. The van der Waals surface area contributed by atoms with Crippen molar-refractivity contribution in [2.75, 3.05) is 6.61 Å². The van der Waals surface area contributed by atoms with E-state index < -0.39 is 4.92 Å². The first-order valence-electron chi connectivity index (χ1n) is 5.45. The number of oxazole rings is 1. The summed E-state index contributed by atoms with van der Waals surface area (Å²) in [6.07, 6.45) is 2.90. The van der Waals surface area contributed by atoms with Crippen LogP contribution in [0.15, 0.2) is 29.0 Å². The second kappa shape index (κ2) is 4.87. The Morgan fingerprint density at radius 1 is 1.50 bits per heavy atom. The lowest BCUT2D eigenvalue weighted by atomic mass is 10.1. The number of rotatable bonds is 4. The highest BCUT2D eigenvalue weighted by molar-refractivity contribution is 5.68. The SMILES string of the molecule is CCOc1cc(C)c([N+](=O)[O-])cc1-c1ncco1. The van der Waals surface area contributed by atoms with Crippen molar-refractivity contribution in [1.82, 2.24) is 4.98 Å². The predicted octanol–water partition coefficient (Wildman–Crippen LogP) is 2.96. The fourth-order valence-corrected chi connectivity index (χ4v) is 1.67. The number of ether oxygens (including phenoxy) is 1. The first-order valence-corrected chi connectivity index (χ1v) is 5.45. The van der Waals surface area contributed by atoms with Gasteiger partial charge in [-0.25, -0.2) is 4.98 Å². The molecule has 0 amide bonds. The van der Waals surface area contributed by atoms with E-state index in [0.717, 1.165) is 0 Å². The van der Waals surface area contributed by atoms with Crippen molar-refractivity contribution >= 4 is 5.69 Å². The third-order valence-corrected chi connectivity index (χ3v) is 2.46. The third-order valence-electron chi connectivity index (χ3n) is 2.46. The van der Waals surface area contributed by atoms with Gasteiger partial charge in [0.15, 0.2) is 0 Å². The molecule has 18 heavy (non-hydrogen) atoms. The molecule has 2 aromatic rings. The van der Waals surface area contributed by atoms with Crippen LogP contribution in [0.25, 0.3) is 11.5 Å². The highest BCUT2D eigenvalue weighted by Crippen LogP contribution is 2.35. The molecule has 0 bridgehead atoms. The van der Waals surface area contributed by atoms with Crippen LogP contribution in [0.1, 0.15) is 12.5 Å². The van der Waals surface area contributed by atoms with Crippen molar-refractivity contribution in [1.29, 1.82) is 0 Å². The lowest BCUT2D eigenvalue weighted by molar-refractivity contribution is -0.385. The fourth-order valence-electron chi connectivity index (χ4n) is 1.67. The van der Waals surface area contributed by atoms with Gasteiger partial charge < -0.3 is 9.15 Å². The number of aryl methyl sites for hydroxylation is 1. The maximum Gasteiger partial charge on any atom is 0.273 e. The van der Waals surface area contributed by atoms with Crippen LogP contribution in [-0.4, -0.2) is 16.5 Å². The topological polar surface area (TPSA) is 78.4 Å². The van der Waals surface area contributed by atoms with E-state index in [1.165, 1.54) is 18.5 Å². The van der Waals surface area contributed by atoms with E-state index in [1.807, 2.05) is 6.92 Å². The Hall–Kier alpha value is -2.37. The summed E-state index contributed by atoms with van der Waals surface area (Å²) < 4.78 is 10.6. The number of nitro benzene ring substituents is 1. The average Bonchev–Trinajstić information content (AvgIpc) is 2.82. The molecule has 6 nitrogen and oxygen atoms in total.